The number of aryl methyl sites for hydroxylation is 1. The van der Waals surface area contributed by atoms with E-state index in [9.17, 15) is 25.9 Å². The van der Waals surface area contributed by atoms with Gasteiger partial charge in [0, 0.05) is 11.4 Å². The van der Waals surface area contributed by atoms with Crippen LogP contribution in [0.2, 0.25) is 15.9 Å². The molecule has 0 fully saturated rings. The predicted molar refractivity (Wildman–Crippen MR) is 147 cm³/mol. The maximum Gasteiger partial charge on any atom is 0.295 e. The number of hydrogen-bond donors (Lipinski definition) is 4. The smallest absolute Gasteiger partial charge is 0.295 e. The normalized spacial score (nSPS) is 12.1. The van der Waals surface area contributed by atoms with E-state index in [4.69, 9.17) is 34.8 Å². The van der Waals surface area contributed by atoms with Crippen LogP contribution in [0.15, 0.2) is 46.2 Å². The zero-order valence-electron chi connectivity index (χ0n) is 19.8. The monoisotopic (exact) mass is 644 g/mol. The number of nitrogens with zero attached hydrogens (tertiary/aromatic N) is 6. The molecule has 0 saturated carbocycles. The molecule has 4 N–H and O–H groups in total. The first kappa shape index (κ1) is 29.5. The molecule has 40 heavy (non-hydrogen) atoms. The van der Waals surface area contributed by atoms with Gasteiger partial charge in [-0.05, 0) is 77.1 Å². The van der Waals surface area contributed by atoms with Crippen LogP contribution in [0.3, 0.4) is 0 Å². The fourth-order valence-electron chi connectivity index (χ4n) is 3.27. The highest BCUT2D eigenvalue weighted by atomic mass is 35.5. The van der Waals surface area contributed by atoms with Crippen molar-refractivity contribution in [2.45, 2.75) is 16.7 Å². The van der Waals surface area contributed by atoms with Crippen LogP contribution in [-0.4, -0.2) is 55.8 Å². The average molecular weight is 646 g/mol. The Hall–Kier alpha value is -3.51. The quantitative estimate of drug-likeness (QED) is 0.154. The van der Waals surface area contributed by atoms with Crippen LogP contribution in [0.1, 0.15) is 17.0 Å². The van der Waals surface area contributed by atoms with Crippen LogP contribution in [0.4, 0.5) is 23.3 Å². The van der Waals surface area contributed by atoms with Crippen molar-refractivity contribution in [3.8, 4) is 0 Å². The summed E-state index contributed by atoms with van der Waals surface area (Å²) >= 11 is 17.3. The first-order chi connectivity index (χ1) is 18.7. The van der Waals surface area contributed by atoms with Crippen LogP contribution in [0, 0.1) is 6.92 Å². The number of halogens is 3. The molecule has 0 unspecified atom stereocenters. The van der Waals surface area contributed by atoms with Crippen molar-refractivity contribution in [1.29, 1.82) is 0 Å². The number of nitrogens with one attached hydrogen (secondary N) is 2. The molecule has 0 atom stereocenters. The van der Waals surface area contributed by atoms with Gasteiger partial charge >= 0.3 is 0 Å². The van der Waals surface area contributed by atoms with Crippen molar-refractivity contribution < 1.29 is 25.9 Å². The molecule has 0 bridgehead atoms. The summed E-state index contributed by atoms with van der Waals surface area (Å²) in [4.78, 5) is 21.9. The molecule has 19 heteroatoms. The number of aromatic nitrogens is 6. The Morgan fingerprint density at radius 2 is 1.05 bits per heavy atom. The maximum absolute atomic E-state index is 12.1. The van der Waals surface area contributed by atoms with E-state index in [2.05, 4.69) is 40.5 Å². The van der Waals surface area contributed by atoms with Crippen LogP contribution in [-0.2, 0) is 20.2 Å². The van der Waals surface area contributed by atoms with Crippen LogP contribution in [0.25, 0.3) is 12.2 Å². The molecular formula is C21H15Cl3N8O6S2. The summed E-state index contributed by atoms with van der Waals surface area (Å²) in [5.74, 6) is 0.264. The van der Waals surface area contributed by atoms with E-state index in [0.29, 0.717) is 5.82 Å². The molecule has 2 aromatic heterocycles. The minimum absolute atomic E-state index is 0.00383. The lowest BCUT2D eigenvalue weighted by Crippen LogP contribution is -2.05. The summed E-state index contributed by atoms with van der Waals surface area (Å²) in [6.07, 6.45) is 2.47. The zero-order chi connectivity index (χ0) is 29.2. The lowest BCUT2D eigenvalue weighted by Gasteiger charge is -2.10. The van der Waals surface area contributed by atoms with Crippen LogP contribution < -0.4 is 10.6 Å². The molecule has 0 aliphatic rings. The fourth-order valence-corrected chi connectivity index (χ4v) is 5.26. The van der Waals surface area contributed by atoms with E-state index in [1.54, 1.807) is 6.92 Å². The third-order valence-corrected chi connectivity index (χ3v) is 7.16. The van der Waals surface area contributed by atoms with Gasteiger partial charge in [-0.3, -0.25) is 9.11 Å². The molecule has 0 radical (unpaired) electrons. The molecule has 208 valence electrons. The van der Waals surface area contributed by atoms with Gasteiger partial charge in [-0.2, -0.15) is 41.8 Å². The van der Waals surface area contributed by atoms with Gasteiger partial charge in [0.1, 0.15) is 15.6 Å². The number of rotatable bonds is 8. The molecule has 14 nitrogen and oxygen atoms in total. The molecule has 4 rings (SSSR count). The molecule has 0 amide bonds. The molecule has 2 heterocycles. The summed E-state index contributed by atoms with van der Waals surface area (Å²) in [5, 5.41) is 4.95. The minimum Gasteiger partial charge on any atom is -0.324 e. The summed E-state index contributed by atoms with van der Waals surface area (Å²) < 4.78 is 68.1. The third-order valence-electron chi connectivity index (χ3n) is 4.84. The van der Waals surface area contributed by atoms with E-state index >= 15 is 0 Å². The molecular weight excluding hydrogens is 631 g/mol. The number of hydrogen-bond acceptors (Lipinski definition) is 12. The van der Waals surface area contributed by atoms with Crippen LogP contribution >= 0.6 is 34.8 Å². The third kappa shape index (κ3) is 7.57. The molecule has 0 aliphatic heterocycles. The van der Waals surface area contributed by atoms with Gasteiger partial charge in [-0.1, -0.05) is 24.3 Å². The second-order valence-electron chi connectivity index (χ2n) is 7.71. The standard InChI is InChI=1S/C21H15Cl3N8O6S2/c1-10-25-17(22)30-20(26-10)27-13-6-4-11(15(8-13)39(33,34)35)2-3-12-5-7-14(9-16(12)40(36,37)38)28-21-31-18(23)29-19(24)32-21/h2-9H,1H3,(H,33,34,35)(H,36,37,38)(H,25,26,27,30)(H,28,29,31,32). The first-order valence-electron chi connectivity index (χ1n) is 10.6. The largest absolute Gasteiger partial charge is 0.324 e. The van der Waals surface area contributed by atoms with E-state index in [0.717, 1.165) is 12.1 Å². The Bertz CT molecular complexity index is 1700. The molecule has 4 aromatic rings. The van der Waals surface area contributed by atoms with E-state index in [-0.39, 0.29) is 50.2 Å². The van der Waals surface area contributed by atoms with Gasteiger partial charge in [0.25, 0.3) is 20.2 Å². The van der Waals surface area contributed by atoms with Crippen molar-refractivity contribution in [3.63, 3.8) is 0 Å². The van der Waals surface area contributed by atoms with Gasteiger partial charge < -0.3 is 10.6 Å². The lowest BCUT2D eigenvalue weighted by molar-refractivity contribution is 0.480. The highest BCUT2D eigenvalue weighted by Crippen LogP contribution is 2.28. The molecule has 0 aliphatic carbocycles. The Labute approximate surface area is 242 Å². The van der Waals surface area contributed by atoms with Crippen LogP contribution in [0.5, 0.6) is 0 Å². The van der Waals surface area contributed by atoms with Crippen molar-refractivity contribution in [2.24, 2.45) is 0 Å². The van der Waals surface area contributed by atoms with Crippen molar-refractivity contribution in [1.82, 2.24) is 29.9 Å². The van der Waals surface area contributed by atoms with Crippen molar-refractivity contribution >= 4 is 90.5 Å². The number of anilines is 4. The van der Waals surface area contributed by atoms with E-state index in [1.807, 2.05) is 0 Å². The summed E-state index contributed by atoms with van der Waals surface area (Å²) in [5.41, 5.74) is 0.319. The van der Waals surface area contributed by atoms with Gasteiger partial charge in [-0.15, -0.1) is 0 Å². The minimum atomic E-state index is -4.76. The number of benzene rings is 2. The SMILES string of the molecule is Cc1nc(Cl)nc(Nc2ccc(C=Cc3ccc(Nc4nc(Cl)nc(Cl)n4)cc3S(=O)(=O)O)c(S(=O)(=O)O)c2)n1. The Kier molecular flexibility index (Phi) is 8.50. The average Bonchev–Trinajstić information content (AvgIpc) is 2.81. The molecule has 0 saturated heterocycles. The van der Waals surface area contributed by atoms with Gasteiger partial charge in [0.2, 0.25) is 27.7 Å². The van der Waals surface area contributed by atoms with Crippen molar-refractivity contribution in [3.05, 3.63) is 69.2 Å². The second-order valence-corrected chi connectivity index (χ2v) is 11.5. The highest BCUT2D eigenvalue weighted by Gasteiger charge is 2.18. The zero-order valence-corrected chi connectivity index (χ0v) is 23.7. The Morgan fingerprint density at radius 1 is 0.650 bits per heavy atom. The highest BCUT2D eigenvalue weighted by molar-refractivity contribution is 7.86. The first-order valence-corrected chi connectivity index (χ1v) is 14.6. The second kappa shape index (κ2) is 11.5. The van der Waals surface area contributed by atoms with Gasteiger partial charge in [0.05, 0.1) is 0 Å². The van der Waals surface area contributed by atoms with Gasteiger partial charge in [-0.25, -0.2) is 4.98 Å². The lowest BCUT2D eigenvalue weighted by atomic mass is 10.1. The molecule has 2 aromatic carbocycles. The topological polar surface area (TPSA) is 210 Å². The Balaban J connectivity index is 1.69. The van der Waals surface area contributed by atoms with Gasteiger partial charge in [0.15, 0.2) is 0 Å². The van der Waals surface area contributed by atoms with E-state index < -0.39 is 30.0 Å². The summed E-state index contributed by atoms with van der Waals surface area (Å²) in [6, 6.07) is 7.75. The van der Waals surface area contributed by atoms with Crippen molar-refractivity contribution in [2.75, 3.05) is 10.6 Å². The summed E-state index contributed by atoms with van der Waals surface area (Å²) in [6.45, 7) is 1.58. The summed E-state index contributed by atoms with van der Waals surface area (Å²) in [7, 11) is -9.50. The predicted octanol–water partition coefficient (Wildman–Crippen LogP) is 4.48. The van der Waals surface area contributed by atoms with E-state index in [1.165, 1.54) is 36.4 Å². The fraction of sp³-hybridized carbons (Fsp3) is 0.0476. The Morgan fingerprint density at radius 3 is 1.45 bits per heavy atom. The maximum atomic E-state index is 12.1. The molecule has 0 spiro atoms.